The first-order chi connectivity index (χ1) is 16.6. The van der Waals surface area contributed by atoms with E-state index < -0.39 is 0 Å². The fourth-order valence-electron chi connectivity index (χ4n) is 10.3. The van der Waals surface area contributed by atoms with Crippen LogP contribution in [0.1, 0.15) is 120 Å². The molecule has 0 aromatic carbocycles. The Morgan fingerprint density at radius 1 is 0.917 bits per heavy atom. The van der Waals surface area contributed by atoms with E-state index >= 15 is 0 Å². The minimum atomic E-state index is -0.329. The van der Waals surface area contributed by atoms with Gasteiger partial charge in [0.1, 0.15) is 17.7 Å². The van der Waals surface area contributed by atoms with Gasteiger partial charge in [-0.15, -0.1) is 0 Å². The van der Waals surface area contributed by atoms with Crippen molar-refractivity contribution in [3.63, 3.8) is 0 Å². The van der Waals surface area contributed by atoms with Gasteiger partial charge >= 0.3 is 5.97 Å². The molecule has 0 saturated heterocycles. The molecule has 0 aromatic heterocycles. The molecule has 4 rings (SSSR count). The van der Waals surface area contributed by atoms with E-state index in [1.54, 1.807) is 0 Å². The van der Waals surface area contributed by atoms with E-state index in [1.807, 2.05) is 0 Å². The third-order valence-electron chi connectivity index (χ3n) is 12.4. The minimum absolute atomic E-state index is 0.0564. The van der Waals surface area contributed by atoms with Crippen LogP contribution in [0.5, 0.6) is 0 Å². The van der Waals surface area contributed by atoms with Crippen molar-refractivity contribution in [3.8, 4) is 0 Å². The smallest absolute Gasteiger partial charge is 0.302 e. The lowest BCUT2D eigenvalue weighted by Crippen LogP contribution is -2.67. The van der Waals surface area contributed by atoms with E-state index in [2.05, 4.69) is 55.4 Å². The van der Waals surface area contributed by atoms with Gasteiger partial charge in [-0.1, -0.05) is 74.7 Å². The lowest BCUT2D eigenvalue weighted by atomic mass is 9.37. The van der Waals surface area contributed by atoms with Crippen LogP contribution in [-0.4, -0.2) is 23.6 Å². The molecular formula is C32H52O4. The van der Waals surface area contributed by atoms with Gasteiger partial charge in [0.15, 0.2) is 0 Å². The highest BCUT2D eigenvalue weighted by atomic mass is 16.5. The third-order valence-corrected chi connectivity index (χ3v) is 12.4. The highest BCUT2D eigenvalue weighted by molar-refractivity contribution is 5.95. The number of esters is 1. The van der Waals surface area contributed by atoms with Crippen LogP contribution >= 0.6 is 0 Å². The first kappa shape index (κ1) is 27.8. The largest absolute Gasteiger partial charge is 0.462 e. The van der Waals surface area contributed by atoms with Crippen molar-refractivity contribution in [2.75, 3.05) is 0 Å². The van der Waals surface area contributed by atoms with Crippen LogP contribution in [0.3, 0.4) is 0 Å². The fourth-order valence-corrected chi connectivity index (χ4v) is 10.3. The van der Waals surface area contributed by atoms with E-state index in [1.165, 1.54) is 26.2 Å². The van der Waals surface area contributed by atoms with Gasteiger partial charge < -0.3 is 4.74 Å². The standard InChI is InChI=1S/C32H52O4/c1-19(2)11-10-12-20(3)22-13-16-31(8)28-23(34)17-25-29(5,6)26(36-21(4)33)14-15-30(25,7)27(28)24(35)18-32(22,31)9/h19-20,22,25-28H,10-18H2,1-9H3/t20-,22-,25-,26+,27+,28-,30+,31+,32-/m1/s1. The highest BCUT2D eigenvalue weighted by Gasteiger charge is 2.72. The molecule has 0 bridgehead atoms. The minimum Gasteiger partial charge on any atom is -0.462 e. The second kappa shape index (κ2) is 9.23. The molecule has 0 spiro atoms. The Hall–Kier alpha value is -1.19. The molecule has 4 heteroatoms. The summed E-state index contributed by atoms with van der Waals surface area (Å²) in [6.45, 7) is 19.8. The summed E-state index contributed by atoms with van der Waals surface area (Å²) < 4.78 is 5.76. The molecule has 0 amide bonds. The van der Waals surface area contributed by atoms with E-state index in [9.17, 15) is 14.4 Å². The zero-order valence-electron chi connectivity index (χ0n) is 24.5. The van der Waals surface area contributed by atoms with Crippen LogP contribution in [0.4, 0.5) is 0 Å². The second-order valence-electron chi connectivity index (χ2n) is 15.1. The Balaban J connectivity index is 1.65. The van der Waals surface area contributed by atoms with Gasteiger partial charge in [-0.2, -0.15) is 0 Å². The normalized spacial score (nSPS) is 44.6. The van der Waals surface area contributed by atoms with Crippen LogP contribution in [-0.2, 0) is 19.1 Å². The number of rotatable bonds is 6. The van der Waals surface area contributed by atoms with Crippen molar-refractivity contribution >= 4 is 17.5 Å². The van der Waals surface area contributed by atoms with Gasteiger partial charge in [0.05, 0.1) is 0 Å². The van der Waals surface area contributed by atoms with Crippen LogP contribution in [0.25, 0.3) is 0 Å². The van der Waals surface area contributed by atoms with Crippen LogP contribution < -0.4 is 0 Å². The van der Waals surface area contributed by atoms with Gasteiger partial charge in [-0.25, -0.2) is 0 Å². The summed E-state index contributed by atoms with van der Waals surface area (Å²) in [4.78, 5) is 40.2. The molecule has 204 valence electrons. The molecule has 0 heterocycles. The monoisotopic (exact) mass is 500 g/mol. The number of hydrogen-bond acceptors (Lipinski definition) is 4. The highest BCUT2D eigenvalue weighted by Crippen LogP contribution is 2.73. The van der Waals surface area contributed by atoms with E-state index in [4.69, 9.17) is 4.74 Å². The maximum Gasteiger partial charge on any atom is 0.302 e. The Morgan fingerprint density at radius 3 is 2.19 bits per heavy atom. The SMILES string of the molecule is CC(=O)O[C@H]1CC[C@@]2(C)[C@H](CC(=O)[C@@H]3[C@@H]2C(=O)C[C@]2(C)[C@@H]([C@H](C)CCCC(C)C)CC[C@@]32C)C1(C)C. The van der Waals surface area contributed by atoms with Crippen LogP contribution in [0, 0.1) is 57.2 Å². The molecule has 0 aliphatic heterocycles. The van der Waals surface area contributed by atoms with E-state index in [0.717, 1.165) is 31.6 Å². The molecule has 4 fully saturated rings. The summed E-state index contributed by atoms with van der Waals surface area (Å²) in [5, 5.41) is 0. The summed E-state index contributed by atoms with van der Waals surface area (Å²) in [6, 6.07) is 0. The molecule has 0 radical (unpaired) electrons. The van der Waals surface area contributed by atoms with E-state index in [-0.39, 0.29) is 51.5 Å². The van der Waals surface area contributed by atoms with Crippen molar-refractivity contribution in [2.24, 2.45) is 57.2 Å². The van der Waals surface area contributed by atoms with Crippen LogP contribution in [0.15, 0.2) is 0 Å². The van der Waals surface area contributed by atoms with Crippen molar-refractivity contribution in [1.29, 1.82) is 0 Å². The molecule has 4 aliphatic carbocycles. The predicted molar refractivity (Wildman–Crippen MR) is 143 cm³/mol. The fraction of sp³-hybridized carbons (Fsp3) is 0.906. The number of carbonyl (C=O) groups is 3. The first-order valence-electron chi connectivity index (χ1n) is 14.8. The Bertz CT molecular complexity index is 904. The molecule has 4 saturated carbocycles. The quantitative estimate of drug-likeness (QED) is 0.356. The Labute approximate surface area is 220 Å². The molecular weight excluding hydrogens is 448 g/mol. The average Bonchev–Trinajstić information content (AvgIpc) is 3.02. The molecule has 4 nitrogen and oxygen atoms in total. The molecule has 4 aliphatic rings. The lowest BCUT2D eigenvalue weighted by molar-refractivity contribution is -0.206. The summed E-state index contributed by atoms with van der Waals surface area (Å²) in [7, 11) is 0. The number of ketones is 2. The van der Waals surface area contributed by atoms with Crippen molar-refractivity contribution in [3.05, 3.63) is 0 Å². The first-order valence-corrected chi connectivity index (χ1v) is 14.8. The zero-order valence-corrected chi connectivity index (χ0v) is 24.5. The molecule has 0 aromatic rings. The number of ether oxygens (including phenoxy) is 1. The third kappa shape index (κ3) is 4.03. The molecule has 36 heavy (non-hydrogen) atoms. The van der Waals surface area contributed by atoms with Gasteiger partial charge in [0.25, 0.3) is 0 Å². The van der Waals surface area contributed by atoms with Crippen molar-refractivity contribution in [1.82, 2.24) is 0 Å². The topological polar surface area (TPSA) is 60.4 Å². The number of Topliss-reactive ketones (excluding diaryl/α,β-unsaturated/α-hetero) is 2. The van der Waals surface area contributed by atoms with Gasteiger partial charge in [0.2, 0.25) is 0 Å². The molecule has 9 atom stereocenters. The van der Waals surface area contributed by atoms with Crippen molar-refractivity contribution in [2.45, 2.75) is 126 Å². The Kier molecular flexibility index (Phi) is 7.13. The van der Waals surface area contributed by atoms with Crippen LogP contribution in [0.2, 0.25) is 0 Å². The lowest BCUT2D eigenvalue weighted by Gasteiger charge is -2.65. The van der Waals surface area contributed by atoms with Gasteiger partial charge in [-0.05, 0) is 65.6 Å². The Morgan fingerprint density at radius 2 is 1.58 bits per heavy atom. The summed E-state index contributed by atoms with van der Waals surface area (Å²) in [6.07, 6.45) is 8.48. The number of hydrogen-bond donors (Lipinski definition) is 0. The van der Waals surface area contributed by atoms with Crippen molar-refractivity contribution < 1.29 is 19.1 Å². The predicted octanol–water partition coefficient (Wildman–Crippen LogP) is 7.42. The van der Waals surface area contributed by atoms with E-state index in [0.29, 0.717) is 36.2 Å². The molecule has 0 unspecified atom stereocenters. The van der Waals surface area contributed by atoms with Gasteiger partial charge in [0, 0.05) is 37.0 Å². The number of carbonyl (C=O) groups excluding carboxylic acids is 3. The number of fused-ring (bicyclic) bond motifs is 5. The summed E-state index contributed by atoms with van der Waals surface area (Å²) in [5.74, 6) is 1.89. The summed E-state index contributed by atoms with van der Waals surface area (Å²) >= 11 is 0. The average molecular weight is 501 g/mol. The maximum absolute atomic E-state index is 14.2. The zero-order chi connectivity index (χ0) is 26.8. The second-order valence-corrected chi connectivity index (χ2v) is 15.1. The molecule has 0 N–H and O–H groups in total. The van der Waals surface area contributed by atoms with Gasteiger partial charge in [-0.3, -0.25) is 14.4 Å². The summed E-state index contributed by atoms with van der Waals surface area (Å²) in [5.41, 5.74) is -0.776. The maximum atomic E-state index is 14.2.